The molecule has 0 atom stereocenters. The van der Waals surface area contributed by atoms with E-state index in [4.69, 9.17) is 0 Å². The maximum absolute atomic E-state index is 11.5. The zero-order chi connectivity index (χ0) is 14.8. The van der Waals surface area contributed by atoms with Gasteiger partial charge in [-0.1, -0.05) is 30.3 Å². The second-order valence-electron chi connectivity index (χ2n) is 3.81. The molecular weight excluding hydrogens is 258 g/mol. The molecule has 1 aromatic rings. The molecule has 0 saturated heterocycles. The molecule has 0 aliphatic carbocycles. The van der Waals surface area contributed by atoms with Crippen LogP contribution in [0.4, 0.5) is 0 Å². The van der Waals surface area contributed by atoms with E-state index in [1.807, 2.05) is 30.3 Å². The fourth-order valence-corrected chi connectivity index (χ4v) is 1.39. The number of carbonyl (C=O) groups excluding carboxylic acids is 2. The van der Waals surface area contributed by atoms with E-state index in [0.29, 0.717) is 6.54 Å². The first kappa shape index (κ1) is 15.5. The first-order valence-corrected chi connectivity index (χ1v) is 5.99. The minimum absolute atomic E-state index is 0.230. The second-order valence-corrected chi connectivity index (χ2v) is 3.81. The van der Waals surface area contributed by atoms with Crippen molar-refractivity contribution < 1.29 is 19.1 Å². The summed E-state index contributed by atoms with van der Waals surface area (Å²) in [6.07, 6.45) is 4.00. The molecule has 0 aromatic heterocycles. The topological polar surface area (TPSA) is 64.6 Å². The number of rotatable bonds is 6. The fraction of sp³-hybridized carbons (Fsp3) is 0.200. The SMILES string of the molecule is COC(=O)/C=C/C(=C/NCc1ccccc1)C(=O)OC. The lowest BCUT2D eigenvalue weighted by atomic mass is 10.2. The van der Waals surface area contributed by atoms with Gasteiger partial charge in [-0.25, -0.2) is 9.59 Å². The predicted octanol–water partition coefficient (Wildman–Crippen LogP) is 1.56. The van der Waals surface area contributed by atoms with E-state index in [2.05, 4.69) is 14.8 Å². The minimum atomic E-state index is -0.539. The van der Waals surface area contributed by atoms with E-state index in [1.165, 1.54) is 26.5 Å². The van der Waals surface area contributed by atoms with Crippen LogP contribution in [0.15, 0.2) is 54.3 Å². The van der Waals surface area contributed by atoms with Gasteiger partial charge in [-0.15, -0.1) is 0 Å². The summed E-state index contributed by atoms with van der Waals surface area (Å²) in [5.74, 6) is -1.08. The number of ether oxygens (including phenoxy) is 2. The van der Waals surface area contributed by atoms with Crippen molar-refractivity contribution in [2.45, 2.75) is 6.54 Å². The Morgan fingerprint density at radius 2 is 1.80 bits per heavy atom. The van der Waals surface area contributed by atoms with Crippen LogP contribution in [0.5, 0.6) is 0 Å². The van der Waals surface area contributed by atoms with Crippen LogP contribution in [0, 0.1) is 0 Å². The van der Waals surface area contributed by atoms with E-state index in [1.54, 1.807) is 0 Å². The molecule has 0 spiro atoms. The molecule has 1 rings (SSSR count). The summed E-state index contributed by atoms with van der Waals surface area (Å²) in [5, 5.41) is 2.99. The number of benzene rings is 1. The van der Waals surface area contributed by atoms with Crippen LogP contribution in [-0.4, -0.2) is 26.2 Å². The van der Waals surface area contributed by atoms with Crippen LogP contribution in [0.2, 0.25) is 0 Å². The molecule has 5 heteroatoms. The molecular formula is C15H17NO4. The average Bonchev–Trinajstić information content (AvgIpc) is 2.50. The Bertz CT molecular complexity index is 506. The smallest absolute Gasteiger partial charge is 0.339 e. The summed E-state index contributed by atoms with van der Waals surface area (Å²) >= 11 is 0. The molecule has 0 aliphatic rings. The van der Waals surface area contributed by atoms with Crippen molar-refractivity contribution in [1.82, 2.24) is 5.32 Å². The van der Waals surface area contributed by atoms with Crippen molar-refractivity contribution in [2.24, 2.45) is 0 Å². The molecule has 0 unspecified atom stereocenters. The van der Waals surface area contributed by atoms with Gasteiger partial charge in [-0.3, -0.25) is 0 Å². The van der Waals surface area contributed by atoms with Crippen molar-refractivity contribution >= 4 is 11.9 Å². The standard InChI is InChI=1S/C15H17NO4/c1-19-14(17)9-8-13(15(18)20-2)11-16-10-12-6-4-3-5-7-12/h3-9,11,16H,10H2,1-2H3/b9-8+,13-11-. The molecule has 0 radical (unpaired) electrons. The molecule has 0 fully saturated rings. The van der Waals surface area contributed by atoms with E-state index in [-0.39, 0.29) is 5.57 Å². The van der Waals surface area contributed by atoms with E-state index < -0.39 is 11.9 Å². The van der Waals surface area contributed by atoms with Crippen molar-refractivity contribution in [2.75, 3.05) is 14.2 Å². The van der Waals surface area contributed by atoms with Crippen molar-refractivity contribution in [3.63, 3.8) is 0 Å². The minimum Gasteiger partial charge on any atom is -0.466 e. The van der Waals surface area contributed by atoms with Gasteiger partial charge in [-0.2, -0.15) is 0 Å². The van der Waals surface area contributed by atoms with Crippen LogP contribution in [-0.2, 0) is 25.6 Å². The highest BCUT2D eigenvalue weighted by molar-refractivity contribution is 5.93. The zero-order valence-electron chi connectivity index (χ0n) is 11.5. The number of methoxy groups -OCH3 is 2. The number of hydrogen-bond acceptors (Lipinski definition) is 5. The van der Waals surface area contributed by atoms with Crippen LogP contribution >= 0.6 is 0 Å². The third-order valence-corrected chi connectivity index (χ3v) is 2.43. The molecule has 106 valence electrons. The monoisotopic (exact) mass is 275 g/mol. The van der Waals surface area contributed by atoms with Gasteiger partial charge in [-0.05, 0) is 11.6 Å². The highest BCUT2D eigenvalue weighted by atomic mass is 16.5. The Morgan fingerprint density at radius 3 is 2.40 bits per heavy atom. The Labute approximate surface area is 117 Å². The maximum Gasteiger partial charge on any atom is 0.339 e. The lowest BCUT2D eigenvalue weighted by molar-refractivity contribution is -0.135. The van der Waals surface area contributed by atoms with Crippen LogP contribution in [0.1, 0.15) is 5.56 Å². The summed E-state index contributed by atoms with van der Waals surface area (Å²) in [5.41, 5.74) is 1.30. The van der Waals surface area contributed by atoms with Gasteiger partial charge < -0.3 is 14.8 Å². The summed E-state index contributed by atoms with van der Waals surface area (Å²) in [7, 11) is 2.54. The second kappa shape index (κ2) is 8.53. The highest BCUT2D eigenvalue weighted by Gasteiger charge is 2.06. The van der Waals surface area contributed by atoms with E-state index >= 15 is 0 Å². The van der Waals surface area contributed by atoms with Crippen LogP contribution < -0.4 is 5.32 Å². The van der Waals surface area contributed by atoms with Gasteiger partial charge >= 0.3 is 11.9 Å². The first-order chi connectivity index (χ1) is 9.67. The van der Waals surface area contributed by atoms with Gasteiger partial charge in [0.1, 0.15) is 0 Å². The molecule has 1 N–H and O–H groups in total. The predicted molar refractivity (Wildman–Crippen MR) is 74.5 cm³/mol. The number of hydrogen-bond donors (Lipinski definition) is 1. The Balaban J connectivity index is 2.68. The average molecular weight is 275 g/mol. The van der Waals surface area contributed by atoms with E-state index in [9.17, 15) is 9.59 Å². The fourth-order valence-electron chi connectivity index (χ4n) is 1.39. The quantitative estimate of drug-likeness (QED) is 0.485. The molecule has 0 aliphatic heterocycles. The van der Waals surface area contributed by atoms with Gasteiger partial charge in [0.2, 0.25) is 0 Å². The molecule has 0 amide bonds. The third-order valence-electron chi connectivity index (χ3n) is 2.43. The van der Waals surface area contributed by atoms with Crippen molar-refractivity contribution in [3.05, 3.63) is 59.8 Å². The Hall–Kier alpha value is -2.56. The van der Waals surface area contributed by atoms with Crippen LogP contribution in [0.25, 0.3) is 0 Å². The van der Waals surface area contributed by atoms with Crippen molar-refractivity contribution in [3.8, 4) is 0 Å². The lowest BCUT2D eigenvalue weighted by Gasteiger charge is -2.04. The maximum atomic E-state index is 11.5. The lowest BCUT2D eigenvalue weighted by Crippen LogP contribution is -2.11. The number of carbonyl (C=O) groups is 2. The van der Waals surface area contributed by atoms with Crippen molar-refractivity contribution in [1.29, 1.82) is 0 Å². The molecule has 1 aromatic carbocycles. The first-order valence-electron chi connectivity index (χ1n) is 5.99. The third kappa shape index (κ3) is 5.39. The van der Waals surface area contributed by atoms with Gasteiger partial charge in [0.05, 0.1) is 19.8 Å². The largest absolute Gasteiger partial charge is 0.466 e. The zero-order valence-corrected chi connectivity index (χ0v) is 11.5. The summed E-state index contributed by atoms with van der Waals surface area (Å²) in [6, 6.07) is 9.71. The van der Waals surface area contributed by atoms with Gasteiger partial charge in [0.25, 0.3) is 0 Å². The Morgan fingerprint density at radius 1 is 1.10 bits per heavy atom. The molecule has 20 heavy (non-hydrogen) atoms. The summed E-state index contributed by atoms with van der Waals surface area (Å²) in [4.78, 5) is 22.5. The molecule has 5 nitrogen and oxygen atoms in total. The number of esters is 2. The molecule has 0 heterocycles. The van der Waals surface area contributed by atoms with E-state index in [0.717, 1.165) is 11.6 Å². The summed E-state index contributed by atoms with van der Waals surface area (Å²) in [6.45, 7) is 0.563. The summed E-state index contributed by atoms with van der Waals surface area (Å²) < 4.78 is 9.09. The Kier molecular flexibility index (Phi) is 6.61. The molecule has 0 saturated carbocycles. The normalized spacial score (nSPS) is 11.2. The van der Waals surface area contributed by atoms with Crippen LogP contribution in [0.3, 0.4) is 0 Å². The highest BCUT2D eigenvalue weighted by Crippen LogP contribution is 2.01. The van der Waals surface area contributed by atoms with Gasteiger partial charge in [0, 0.05) is 18.8 Å². The molecule has 0 bridgehead atoms. The number of nitrogens with one attached hydrogen (secondary N) is 1. The van der Waals surface area contributed by atoms with Gasteiger partial charge in [0.15, 0.2) is 0 Å².